The number of halogens is 2. The Kier molecular flexibility index (Phi) is 9.54. The van der Waals surface area contributed by atoms with E-state index in [1.54, 1.807) is 62.4 Å². The Morgan fingerprint density at radius 1 is 1.12 bits per heavy atom. The molecule has 10 heteroatoms. The van der Waals surface area contributed by atoms with E-state index in [2.05, 4.69) is 21.2 Å². The number of rotatable bonds is 10. The number of nitrogens with one attached hydrogen (secondary N) is 1. The second-order valence-electron chi connectivity index (χ2n) is 7.18. The number of hydrogen-bond acceptors (Lipinski definition) is 4. The van der Waals surface area contributed by atoms with Gasteiger partial charge in [0.2, 0.25) is 21.8 Å². The highest BCUT2D eigenvalue weighted by molar-refractivity contribution is 9.10. The molecule has 7 nitrogen and oxygen atoms in total. The molecule has 0 aliphatic rings. The average Bonchev–Trinajstić information content (AvgIpc) is 2.72. The van der Waals surface area contributed by atoms with E-state index >= 15 is 0 Å². The Balaban J connectivity index is 2.45. The van der Waals surface area contributed by atoms with Crippen molar-refractivity contribution in [1.29, 1.82) is 0 Å². The molecule has 0 radical (unpaired) electrons. The van der Waals surface area contributed by atoms with Gasteiger partial charge in [0.15, 0.2) is 0 Å². The summed E-state index contributed by atoms with van der Waals surface area (Å²) in [4.78, 5) is 27.6. The number of benzene rings is 2. The van der Waals surface area contributed by atoms with Crippen LogP contribution in [0.1, 0.15) is 25.8 Å². The fourth-order valence-corrected chi connectivity index (χ4v) is 4.69. The smallest absolute Gasteiger partial charge is 0.244 e. The van der Waals surface area contributed by atoms with E-state index in [1.165, 1.54) is 4.90 Å². The number of anilines is 1. The molecule has 0 unspecified atom stereocenters. The van der Waals surface area contributed by atoms with Gasteiger partial charge in [-0.2, -0.15) is 0 Å². The normalized spacial score (nSPS) is 12.2. The van der Waals surface area contributed by atoms with Crippen molar-refractivity contribution in [3.8, 4) is 0 Å². The SMILES string of the molecule is CCNC(=O)[C@@H](CC)N(Cc1ccccc1Cl)C(=O)CN(c1cccc(Br)c1)S(C)(=O)=O. The van der Waals surface area contributed by atoms with Crippen molar-refractivity contribution in [2.45, 2.75) is 32.9 Å². The zero-order valence-corrected chi connectivity index (χ0v) is 21.4. The predicted molar refractivity (Wildman–Crippen MR) is 131 cm³/mol. The topological polar surface area (TPSA) is 86.8 Å². The molecule has 1 atom stereocenters. The van der Waals surface area contributed by atoms with E-state index in [1.807, 2.05) is 0 Å². The third-order valence-electron chi connectivity index (χ3n) is 4.81. The van der Waals surface area contributed by atoms with Gasteiger partial charge in [-0.15, -0.1) is 0 Å². The predicted octanol–water partition coefficient (Wildman–Crippen LogP) is 3.81. The summed E-state index contributed by atoms with van der Waals surface area (Å²) in [5.74, 6) is -0.808. The monoisotopic (exact) mass is 543 g/mol. The molecule has 174 valence electrons. The second-order valence-corrected chi connectivity index (χ2v) is 10.4. The summed E-state index contributed by atoms with van der Waals surface area (Å²) >= 11 is 9.63. The number of hydrogen-bond donors (Lipinski definition) is 1. The first kappa shape index (κ1) is 26.2. The van der Waals surface area contributed by atoms with Gasteiger partial charge in [0.05, 0.1) is 11.9 Å². The Labute approximate surface area is 202 Å². The molecule has 1 N–H and O–H groups in total. The Bertz CT molecular complexity index is 1060. The molecule has 0 saturated heterocycles. The lowest BCUT2D eigenvalue weighted by atomic mass is 10.1. The molecule has 0 fully saturated rings. The molecule has 0 heterocycles. The van der Waals surface area contributed by atoms with Gasteiger partial charge in [-0.1, -0.05) is 58.7 Å². The fourth-order valence-electron chi connectivity index (χ4n) is 3.27. The molecule has 0 saturated carbocycles. The van der Waals surface area contributed by atoms with E-state index in [-0.39, 0.29) is 12.5 Å². The Hall–Kier alpha value is -2.10. The van der Waals surface area contributed by atoms with Crippen molar-refractivity contribution >= 4 is 55.1 Å². The van der Waals surface area contributed by atoms with Gasteiger partial charge in [0, 0.05) is 22.6 Å². The van der Waals surface area contributed by atoms with Crippen LogP contribution in [0.2, 0.25) is 5.02 Å². The maximum atomic E-state index is 13.5. The molecule has 2 amide bonds. The number of carbonyl (C=O) groups is 2. The summed E-state index contributed by atoms with van der Waals surface area (Å²) in [5.41, 5.74) is 1.01. The van der Waals surface area contributed by atoms with Gasteiger partial charge in [-0.3, -0.25) is 13.9 Å². The maximum Gasteiger partial charge on any atom is 0.244 e. The van der Waals surface area contributed by atoms with Crippen LogP contribution in [0, 0.1) is 0 Å². The van der Waals surface area contributed by atoms with Gasteiger partial charge >= 0.3 is 0 Å². The van der Waals surface area contributed by atoms with Crippen LogP contribution in [-0.4, -0.2) is 50.5 Å². The third kappa shape index (κ3) is 6.95. The summed E-state index contributed by atoms with van der Waals surface area (Å²) in [6.07, 6.45) is 1.40. The Morgan fingerprint density at radius 3 is 2.38 bits per heavy atom. The first-order valence-corrected chi connectivity index (χ1v) is 13.1. The first-order valence-electron chi connectivity index (χ1n) is 10.1. The number of amides is 2. The van der Waals surface area contributed by atoms with Crippen LogP contribution in [0.15, 0.2) is 53.0 Å². The minimum atomic E-state index is -3.77. The minimum absolute atomic E-state index is 0.0736. The van der Waals surface area contributed by atoms with Crippen molar-refractivity contribution < 1.29 is 18.0 Å². The molecule has 0 aliphatic carbocycles. The number of likely N-dealkylation sites (N-methyl/N-ethyl adjacent to an activating group) is 1. The standard InChI is InChI=1S/C22H27BrClN3O4S/c1-4-20(22(29)25-5-2)26(14-16-9-6-7-12-19(16)24)21(28)15-27(32(3,30)31)18-11-8-10-17(23)13-18/h6-13,20H,4-5,14-15H2,1-3H3,(H,25,29)/t20-/m1/s1. The first-order chi connectivity index (χ1) is 15.1. The van der Waals surface area contributed by atoms with E-state index < -0.39 is 28.5 Å². The van der Waals surface area contributed by atoms with E-state index in [4.69, 9.17) is 11.6 Å². The van der Waals surface area contributed by atoms with Crippen LogP contribution in [0.4, 0.5) is 5.69 Å². The van der Waals surface area contributed by atoms with Crippen molar-refractivity contribution in [2.24, 2.45) is 0 Å². The largest absolute Gasteiger partial charge is 0.355 e. The highest BCUT2D eigenvalue weighted by Crippen LogP contribution is 2.24. The maximum absolute atomic E-state index is 13.5. The summed E-state index contributed by atoms with van der Waals surface area (Å²) in [7, 11) is -3.77. The zero-order chi connectivity index (χ0) is 23.9. The van der Waals surface area contributed by atoms with Gasteiger partial charge in [0.1, 0.15) is 12.6 Å². The van der Waals surface area contributed by atoms with Gasteiger partial charge < -0.3 is 10.2 Å². The third-order valence-corrected chi connectivity index (χ3v) is 6.81. The van der Waals surface area contributed by atoms with Gasteiger partial charge in [-0.25, -0.2) is 8.42 Å². The zero-order valence-electron chi connectivity index (χ0n) is 18.2. The van der Waals surface area contributed by atoms with Gasteiger partial charge in [-0.05, 0) is 43.2 Å². The lowest BCUT2D eigenvalue weighted by Gasteiger charge is -2.33. The van der Waals surface area contributed by atoms with Crippen LogP contribution < -0.4 is 9.62 Å². The lowest BCUT2D eigenvalue weighted by molar-refractivity contribution is -0.140. The summed E-state index contributed by atoms with van der Waals surface area (Å²) in [6.45, 7) is 3.63. The molecule has 0 aliphatic heterocycles. The van der Waals surface area contributed by atoms with Gasteiger partial charge in [0.25, 0.3) is 0 Å². The lowest BCUT2D eigenvalue weighted by Crippen LogP contribution is -2.52. The molecular weight excluding hydrogens is 518 g/mol. The second kappa shape index (κ2) is 11.7. The number of carbonyl (C=O) groups excluding carboxylic acids is 2. The van der Waals surface area contributed by atoms with Crippen LogP contribution in [0.5, 0.6) is 0 Å². The number of sulfonamides is 1. The molecule has 2 rings (SSSR count). The average molecular weight is 545 g/mol. The molecule has 0 aromatic heterocycles. The summed E-state index contributed by atoms with van der Waals surface area (Å²) < 4.78 is 26.8. The van der Waals surface area contributed by atoms with Crippen LogP contribution >= 0.6 is 27.5 Å². The van der Waals surface area contributed by atoms with Crippen LogP contribution in [0.3, 0.4) is 0 Å². The van der Waals surface area contributed by atoms with Crippen LogP contribution in [-0.2, 0) is 26.2 Å². The highest BCUT2D eigenvalue weighted by atomic mass is 79.9. The van der Waals surface area contributed by atoms with Crippen molar-refractivity contribution in [3.05, 3.63) is 63.6 Å². The molecule has 32 heavy (non-hydrogen) atoms. The Morgan fingerprint density at radius 2 is 1.81 bits per heavy atom. The van der Waals surface area contributed by atoms with E-state index in [9.17, 15) is 18.0 Å². The van der Waals surface area contributed by atoms with Crippen LogP contribution in [0.25, 0.3) is 0 Å². The minimum Gasteiger partial charge on any atom is -0.355 e. The highest BCUT2D eigenvalue weighted by Gasteiger charge is 2.31. The molecule has 2 aromatic carbocycles. The fraction of sp³-hybridized carbons (Fsp3) is 0.364. The molecule has 2 aromatic rings. The van der Waals surface area contributed by atoms with Crippen molar-refractivity contribution in [1.82, 2.24) is 10.2 Å². The summed E-state index contributed by atoms with van der Waals surface area (Å²) in [6, 6.07) is 12.9. The van der Waals surface area contributed by atoms with E-state index in [0.717, 1.165) is 10.6 Å². The van der Waals surface area contributed by atoms with Crippen molar-refractivity contribution in [3.63, 3.8) is 0 Å². The quantitative estimate of drug-likeness (QED) is 0.493. The number of nitrogens with zero attached hydrogens (tertiary/aromatic N) is 2. The van der Waals surface area contributed by atoms with E-state index in [0.29, 0.717) is 33.7 Å². The molecule has 0 spiro atoms. The van der Waals surface area contributed by atoms with Crippen molar-refractivity contribution in [2.75, 3.05) is 23.7 Å². The molecular formula is C22H27BrClN3O4S. The molecule has 0 bridgehead atoms. The summed E-state index contributed by atoms with van der Waals surface area (Å²) in [5, 5.41) is 3.21.